The average Bonchev–Trinajstić information content (AvgIpc) is 3.50. The van der Waals surface area contributed by atoms with Gasteiger partial charge in [0.05, 0.1) is 30.3 Å². The van der Waals surface area contributed by atoms with Gasteiger partial charge in [-0.1, -0.05) is 18.2 Å². The molecule has 13 heteroatoms. The van der Waals surface area contributed by atoms with Gasteiger partial charge in [-0.25, -0.2) is 4.98 Å². The Morgan fingerprint density at radius 2 is 2.12 bits per heavy atom. The van der Waals surface area contributed by atoms with Crippen LogP contribution in [0.3, 0.4) is 0 Å². The van der Waals surface area contributed by atoms with E-state index in [0.717, 1.165) is 31.5 Å². The van der Waals surface area contributed by atoms with Crippen LogP contribution in [0.1, 0.15) is 49.2 Å². The van der Waals surface area contributed by atoms with Crippen molar-refractivity contribution in [1.29, 1.82) is 0 Å². The number of nitrogens with zero attached hydrogens (tertiary/aromatic N) is 4. The third kappa shape index (κ3) is 5.89. The van der Waals surface area contributed by atoms with Gasteiger partial charge < -0.3 is 29.4 Å². The molecule has 0 saturated carbocycles. The molecule has 1 unspecified atom stereocenters. The standard InChI is InChI=1S/C27H29ClF3N5O4/c1-2-22(37)35-11-4-3-5-17(14-35)36-24-19(6-7-20(23(24)28)40-18-9-12-39-15-18)33-26(36)34-25(38)16-8-10-32-21(13-16)27(29,30)31/h2,6-8,10,13,17-18,25,38H,1,3-5,9,11-12,14-15H2,(H,33,34)/t17-,18-,25?/m1/s1. The number of imidazole rings is 1. The number of hydrogen-bond acceptors (Lipinski definition) is 7. The first kappa shape index (κ1) is 28.2. The molecule has 2 saturated heterocycles. The summed E-state index contributed by atoms with van der Waals surface area (Å²) in [4.78, 5) is 22.2. The van der Waals surface area contributed by atoms with Crippen LogP contribution in [0.25, 0.3) is 11.0 Å². The van der Waals surface area contributed by atoms with Crippen molar-refractivity contribution in [3.8, 4) is 5.75 Å². The van der Waals surface area contributed by atoms with Gasteiger partial charge in [0.15, 0.2) is 6.23 Å². The molecule has 5 rings (SSSR count). The van der Waals surface area contributed by atoms with Gasteiger partial charge in [0.2, 0.25) is 11.9 Å². The van der Waals surface area contributed by atoms with Crippen molar-refractivity contribution in [2.24, 2.45) is 0 Å². The normalized spacial score (nSPS) is 20.8. The second kappa shape index (κ2) is 11.6. The third-order valence-corrected chi connectivity index (χ3v) is 7.46. The molecule has 2 aliphatic rings. The summed E-state index contributed by atoms with van der Waals surface area (Å²) in [5.74, 6) is 0.419. The van der Waals surface area contributed by atoms with E-state index in [1.54, 1.807) is 21.6 Å². The number of nitrogens with one attached hydrogen (secondary N) is 1. The number of hydrogen-bond donors (Lipinski definition) is 2. The van der Waals surface area contributed by atoms with Gasteiger partial charge in [-0.3, -0.25) is 9.78 Å². The van der Waals surface area contributed by atoms with E-state index < -0.39 is 18.1 Å². The smallest absolute Gasteiger partial charge is 0.433 e. The topological polar surface area (TPSA) is 102 Å². The number of aliphatic hydroxyl groups excluding tert-OH is 1. The van der Waals surface area contributed by atoms with E-state index in [9.17, 15) is 23.1 Å². The van der Waals surface area contributed by atoms with Gasteiger partial charge in [-0.15, -0.1) is 0 Å². The zero-order valence-electron chi connectivity index (χ0n) is 21.5. The fourth-order valence-electron chi connectivity index (χ4n) is 5.10. The highest BCUT2D eigenvalue weighted by molar-refractivity contribution is 6.36. The molecule has 0 spiro atoms. The highest BCUT2D eigenvalue weighted by Gasteiger charge is 2.33. The summed E-state index contributed by atoms with van der Waals surface area (Å²) in [6.07, 6.45) is -1.12. The highest BCUT2D eigenvalue weighted by Crippen LogP contribution is 2.40. The van der Waals surface area contributed by atoms with Crippen molar-refractivity contribution in [1.82, 2.24) is 19.4 Å². The second-order valence-electron chi connectivity index (χ2n) is 9.81. The van der Waals surface area contributed by atoms with Crippen LogP contribution in [0.15, 0.2) is 43.1 Å². The molecule has 1 amide bonds. The molecule has 2 aliphatic heterocycles. The summed E-state index contributed by atoms with van der Waals surface area (Å²) in [5.41, 5.74) is -0.147. The van der Waals surface area contributed by atoms with Crippen molar-refractivity contribution in [2.45, 2.75) is 50.2 Å². The van der Waals surface area contributed by atoms with Crippen LogP contribution in [0.4, 0.5) is 19.1 Å². The van der Waals surface area contributed by atoms with E-state index in [1.807, 2.05) is 0 Å². The number of carbonyl (C=O) groups excluding carboxylic acids is 1. The fraction of sp³-hybridized carbons (Fsp3) is 0.444. The first-order chi connectivity index (χ1) is 19.2. The lowest BCUT2D eigenvalue weighted by molar-refractivity contribution is -0.141. The molecule has 214 valence electrons. The van der Waals surface area contributed by atoms with Crippen LogP contribution in [0.5, 0.6) is 5.75 Å². The summed E-state index contributed by atoms with van der Waals surface area (Å²) in [6, 6.07) is 5.21. The average molecular weight is 580 g/mol. The molecule has 40 heavy (non-hydrogen) atoms. The van der Waals surface area contributed by atoms with Crippen LogP contribution in [-0.4, -0.2) is 62.9 Å². The largest absolute Gasteiger partial charge is 0.486 e. The molecule has 2 fully saturated rings. The summed E-state index contributed by atoms with van der Waals surface area (Å²) in [5, 5.41) is 14.1. The number of aromatic nitrogens is 3. The first-order valence-corrected chi connectivity index (χ1v) is 13.4. The van der Waals surface area contributed by atoms with E-state index in [4.69, 9.17) is 21.1 Å². The third-order valence-electron chi connectivity index (χ3n) is 7.09. The van der Waals surface area contributed by atoms with Crippen molar-refractivity contribution >= 4 is 34.5 Å². The number of anilines is 1. The molecule has 2 N–H and O–H groups in total. The Morgan fingerprint density at radius 3 is 2.85 bits per heavy atom. The maximum Gasteiger partial charge on any atom is 0.433 e. The van der Waals surface area contributed by atoms with Crippen molar-refractivity contribution in [2.75, 3.05) is 31.6 Å². The minimum atomic E-state index is -4.67. The van der Waals surface area contributed by atoms with E-state index in [1.165, 1.54) is 12.1 Å². The summed E-state index contributed by atoms with van der Waals surface area (Å²) in [7, 11) is 0. The Hall–Kier alpha value is -3.35. The fourth-order valence-corrected chi connectivity index (χ4v) is 5.40. The van der Waals surface area contributed by atoms with E-state index in [0.29, 0.717) is 54.5 Å². The van der Waals surface area contributed by atoms with Gasteiger partial charge in [0.25, 0.3) is 0 Å². The molecule has 2 aromatic heterocycles. The minimum absolute atomic E-state index is 0.0402. The molecule has 0 aliphatic carbocycles. The maximum atomic E-state index is 13.2. The monoisotopic (exact) mass is 579 g/mol. The van der Waals surface area contributed by atoms with Crippen molar-refractivity contribution < 1.29 is 32.5 Å². The molecule has 3 aromatic rings. The van der Waals surface area contributed by atoms with E-state index >= 15 is 0 Å². The number of amides is 1. The lowest BCUT2D eigenvalue weighted by atomic mass is 10.1. The Morgan fingerprint density at radius 1 is 1.30 bits per heavy atom. The lowest BCUT2D eigenvalue weighted by Crippen LogP contribution is -2.34. The van der Waals surface area contributed by atoms with E-state index in [-0.39, 0.29) is 29.6 Å². The lowest BCUT2D eigenvalue weighted by Gasteiger charge is -2.27. The van der Waals surface area contributed by atoms with Crippen LogP contribution >= 0.6 is 11.6 Å². The number of benzene rings is 1. The van der Waals surface area contributed by atoms with Crippen molar-refractivity contribution in [3.63, 3.8) is 0 Å². The van der Waals surface area contributed by atoms with Gasteiger partial charge in [-0.05, 0) is 49.6 Å². The summed E-state index contributed by atoms with van der Waals surface area (Å²) < 4.78 is 53.1. The number of halogens is 4. The van der Waals surface area contributed by atoms with Crippen LogP contribution in [0.2, 0.25) is 5.02 Å². The number of ether oxygens (including phenoxy) is 2. The second-order valence-corrected chi connectivity index (χ2v) is 10.2. The molecule has 0 bridgehead atoms. The Kier molecular flexibility index (Phi) is 8.20. The van der Waals surface area contributed by atoms with Gasteiger partial charge in [-0.2, -0.15) is 13.2 Å². The quantitative estimate of drug-likeness (QED) is 0.296. The zero-order valence-corrected chi connectivity index (χ0v) is 22.3. The number of likely N-dealkylation sites (tertiary alicyclic amines) is 1. The van der Waals surface area contributed by atoms with E-state index in [2.05, 4.69) is 21.9 Å². The van der Waals surface area contributed by atoms with Gasteiger partial charge in [0, 0.05) is 31.3 Å². The molecule has 0 radical (unpaired) electrons. The summed E-state index contributed by atoms with van der Waals surface area (Å²) in [6.45, 7) is 5.52. The van der Waals surface area contributed by atoms with Crippen LogP contribution in [-0.2, 0) is 15.7 Å². The molecular weight excluding hydrogens is 551 g/mol. The maximum absolute atomic E-state index is 13.2. The number of aliphatic hydroxyl groups is 1. The minimum Gasteiger partial charge on any atom is -0.486 e. The van der Waals surface area contributed by atoms with Crippen molar-refractivity contribution in [3.05, 3.63) is 59.4 Å². The first-order valence-electron chi connectivity index (χ1n) is 13.0. The number of alkyl halides is 3. The SMILES string of the molecule is C=CC(=O)N1CCCC[C@@H](n2c(NC(O)c3ccnc(C(F)(F)F)c3)nc3ccc(O[C@@H]4CCOC4)c(Cl)c32)C1. The Bertz CT molecular complexity index is 1390. The molecule has 9 nitrogen and oxygen atoms in total. The number of fused-ring (bicyclic) bond motifs is 1. The predicted octanol–water partition coefficient (Wildman–Crippen LogP) is 5.11. The molecule has 4 heterocycles. The molecular formula is C27H29ClF3N5O4. The number of carbonyl (C=O) groups is 1. The highest BCUT2D eigenvalue weighted by atomic mass is 35.5. The van der Waals surface area contributed by atoms with Gasteiger partial charge >= 0.3 is 6.18 Å². The molecule has 3 atom stereocenters. The Balaban J connectivity index is 1.57. The predicted molar refractivity (Wildman–Crippen MR) is 142 cm³/mol. The van der Waals surface area contributed by atoms with Crippen LogP contribution < -0.4 is 10.1 Å². The number of rotatable bonds is 7. The van der Waals surface area contributed by atoms with Gasteiger partial charge in [0.1, 0.15) is 22.6 Å². The van der Waals surface area contributed by atoms with Crippen LogP contribution in [0, 0.1) is 0 Å². The zero-order chi connectivity index (χ0) is 28.4. The summed E-state index contributed by atoms with van der Waals surface area (Å²) >= 11 is 6.90. The molecule has 1 aromatic carbocycles. The Labute approximate surface area is 233 Å². The number of pyridine rings is 1.